The van der Waals surface area contributed by atoms with E-state index < -0.39 is 0 Å². The SMILES string of the molecule is CCNC(=NCc1ccccc1F)Nc1ccc(OC)c(OCC)c1.I. The van der Waals surface area contributed by atoms with Gasteiger partial charge in [0.15, 0.2) is 17.5 Å². The van der Waals surface area contributed by atoms with Crippen LogP contribution in [-0.4, -0.2) is 26.2 Å². The summed E-state index contributed by atoms with van der Waals surface area (Å²) >= 11 is 0. The van der Waals surface area contributed by atoms with Gasteiger partial charge in [-0.15, -0.1) is 24.0 Å². The molecule has 0 spiro atoms. The third kappa shape index (κ3) is 6.36. The zero-order chi connectivity index (χ0) is 18.1. The first-order valence-electron chi connectivity index (χ1n) is 8.27. The normalized spacial score (nSPS) is 10.7. The van der Waals surface area contributed by atoms with Crippen molar-refractivity contribution in [3.63, 3.8) is 0 Å². The van der Waals surface area contributed by atoms with Crippen molar-refractivity contribution in [2.24, 2.45) is 4.99 Å². The lowest BCUT2D eigenvalue weighted by molar-refractivity contribution is 0.311. The van der Waals surface area contributed by atoms with Crippen LogP contribution in [0.1, 0.15) is 19.4 Å². The number of nitrogens with zero attached hydrogens (tertiary/aromatic N) is 1. The molecule has 26 heavy (non-hydrogen) atoms. The van der Waals surface area contributed by atoms with Crippen LogP contribution in [0, 0.1) is 5.82 Å². The Balaban J connectivity index is 0.00000338. The lowest BCUT2D eigenvalue weighted by Gasteiger charge is -2.14. The van der Waals surface area contributed by atoms with E-state index in [0.717, 1.165) is 5.69 Å². The number of methoxy groups -OCH3 is 1. The molecule has 0 fully saturated rings. The Hall–Kier alpha value is -2.03. The molecular weight excluding hydrogens is 448 g/mol. The summed E-state index contributed by atoms with van der Waals surface area (Å²) in [5.41, 5.74) is 1.35. The smallest absolute Gasteiger partial charge is 0.196 e. The van der Waals surface area contributed by atoms with Gasteiger partial charge in [0.1, 0.15) is 5.82 Å². The molecule has 2 aromatic carbocycles. The van der Waals surface area contributed by atoms with Crippen LogP contribution < -0.4 is 20.1 Å². The molecule has 2 aromatic rings. The highest BCUT2D eigenvalue weighted by atomic mass is 127. The number of halogens is 2. The molecule has 0 aliphatic heterocycles. The zero-order valence-electron chi connectivity index (χ0n) is 15.2. The van der Waals surface area contributed by atoms with Gasteiger partial charge in [0.25, 0.3) is 0 Å². The number of guanidine groups is 1. The van der Waals surface area contributed by atoms with Gasteiger partial charge in [0, 0.05) is 23.9 Å². The van der Waals surface area contributed by atoms with E-state index in [1.165, 1.54) is 6.07 Å². The number of hydrogen-bond acceptors (Lipinski definition) is 3. The number of benzene rings is 2. The average Bonchev–Trinajstić information content (AvgIpc) is 2.61. The molecule has 0 aromatic heterocycles. The van der Waals surface area contributed by atoms with Crippen LogP contribution >= 0.6 is 24.0 Å². The number of ether oxygens (including phenoxy) is 2. The number of anilines is 1. The van der Waals surface area contributed by atoms with Gasteiger partial charge < -0.3 is 20.1 Å². The molecule has 0 unspecified atom stereocenters. The predicted octanol–water partition coefficient (Wildman–Crippen LogP) is 4.43. The molecule has 0 heterocycles. The van der Waals surface area contributed by atoms with E-state index in [1.54, 1.807) is 25.3 Å². The van der Waals surface area contributed by atoms with Gasteiger partial charge in [-0.1, -0.05) is 18.2 Å². The Morgan fingerprint density at radius 2 is 1.88 bits per heavy atom. The molecule has 0 bridgehead atoms. The maximum Gasteiger partial charge on any atom is 0.196 e. The van der Waals surface area contributed by atoms with E-state index in [9.17, 15) is 4.39 Å². The maximum atomic E-state index is 13.7. The number of aliphatic imine (C=N–C) groups is 1. The van der Waals surface area contributed by atoms with Gasteiger partial charge in [-0.2, -0.15) is 0 Å². The van der Waals surface area contributed by atoms with Gasteiger partial charge in [-0.25, -0.2) is 9.38 Å². The van der Waals surface area contributed by atoms with Crippen molar-refractivity contribution in [1.82, 2.24) is 5.32 Å². The second-order valence-corrected chi connectivity index (χ2v) is 5.21. The molecule has 2 N–H and O–H groups in total. The fraction of sp³-hybridized carbons (Fsp3) is 0.316. The molecule has 5 nitrogen and oxygen atoms in total. The number of rotatable bonds is 7. The van der Waals surface area contributed by atoms with E-state index in [2.05, 4.69) is 15.6 Å². The molecule has 0 aliphatic rings. The molecule has 0 saturated heterocycles. The minimum Gasteiger partial charge on any atom is -0.493 e. The van der Waals surface area contributed by atoms with Gasteiger partial charge in [-0.05, 0) is 32.0 Å². The minimum absolute atomic E-state index is 0. The van der Waals surface area contributed by atoms with Crippen molar-refractivity contribution in [1.29, 1.82) is 0 Å². The Morgan fingerprint density at radius 1 is 1.12 bits per heavy atom. The second kappa shape index (κ2) is 11.6. The fourth-order valence-electron chi connectivity index (χ4n) is 2.26. The van der Waals surface area contributed by atoms with Crippen LogP contribution in [0.25, 0.3) is 0 Å². The fourth-order valence-corrected chi connectivity index (χ4v) is 2.26. The average molecular weight is 473 g/mol. The highest BCUT2D eigenvalue weighted by Gasteiger charge is 2.07. The van der Waals surface area contributed by atoms with Gasteiger partial charge in [0.05, 0.1) is 20.3 Å². The predicted molar refractivity (Wildman–Crippen MR) is 114 cm³/mol. The highest BCUT2D eigenvalue weighted by molar-refractivity contribution is 14.0. The van der Waals surface area contributed by atoms with Crippen LogP contribution in [0.2, 0.25) is 0 Å². The molecule has 7 heteroatoms. The first-order chi connectivity index (χ1) is 12.2. The summed E-state index contributed by atoms with van der Waals surface area (Å²) in [5, 5.41) is 6.35. The third-order valence-electron chi connectivity index (χ3n) is 3.44. The molecule has 0 saturated carbocycles. The van der Waals surface area contributed by atoms with Gasteiger partial charge >= 0.3 is 0 Å². The van der Waals surface area contributed by atoms with E-state index in [4.69, 9.17) is 9.47 Å². The number of hydrogen-bond donors (Lipinski definition) is 2. The quantitative estimate of drug-likeness (QED) is 0.355. The molecule has 142 valence electrons. The Bertz CT molecular complexity index is 726. The topological polar surface area (TPSA) is 54.9 Å². The van der Waals surface area contributed by atoms with Crippen molar-refractivity contribution in [2.45, 2.75) is 20.4 Å². The molecule has 0 amide bonds. The summed E-state index contributed by atoms with van der Waals surface area (Å²) in [6.07, 6.45) is 0. The van der Waals surface area contributed by atoms with Crippen molar-refractivity contribution in [3.05, 3.63) is 53.8 Å². The summed E-state index contributed by atoms with van der Waals surface area (Å²) in [7, 11) is 1.60. The monoisotopic (exact) mass is 473 g/mol. The number of nitrogens with one attached hydrogen (secondary N) is 2. The minimum atomic E-state index is -0.259. The largest absolute Gasteiger partial charge is 0.493 e. The van der Waals surface area contributed by atoms with E-state index >= 15 is 0 Å². The van der Waals surface area contributed by atoms with Crippen molar-refractivity contribution in [2.75, 3.05) is 25.6 Å². The van der Waals surface area contributed by atoms with Crippen LogP contribution in [-0.2, 0) is 6.54 Å². The second-order valence-electron chi connectivity index (χ2n) is 5.21. The Kier molecular flexibility index (Phi) is 9.79. The van der Waals surface area contributed by atoms with E-state index in [-0.39, 0.29) is 36.3 Å². The van der Waals surface area contributed by atoms with Crippen molar-refractivity contribution < 1.29 is 13.9 Å². The standard InChI is InChI=1S/C19H24FN3O2.HI/c1-4-21-19(22-13-14-8-6-7-9-16(14)20)23-15-10-11-17(24-3)18(12-15)25-5-2;/h6-12H,4-5,13H2,1-3H3,(H2,21,22,23);1H. The Morgan fingerprint density at radius 3 is 2.54 bits per heavy atom. The maximum absolute atomic E-state index is 13.7. The molecular formula is C19H25FIN3O2. The summed E-state index contributed by atoms with van der Waals surface area (Å²) in [6, 6.07) is 12.2. The van der Waals surface area contributed by atoms with Crippen molar-refractivity contribution >= 4 is 35.6 Å². The van der Waals surface area contributed by atoms with Crippen molar-refractivity contribution in [3.8, 4) is 11.5 Å². The molecule has 0 aliphatic carbocycles. The summed E-state index contributed by atoms with van der Waals surface area (Å²) in [4.78, 5) is 4.44. The molecule has 0 radical (unpaired) electrons. The van der Waals surface area contributed by atoms with E-state index in [1.807, 2.05) is 32.0 Å². The summed E-state index contributed by atoms with van der Waals surface area (Å²) in [6.45, 7) is 5.37. The molecule has 2 rings (SSSR count). The summed E-state index contributed by atoms with van der Waals surface area (Å²) in [5.74, 6) is 1.63. The first-order valence-corrected chi connectivity index (χ1v) is 8.27. The third-order valence-corrected chi connectivity index (χ3v) is 3.44. The Labute approximate surface area is 171 Å². The molecule has 0 atom stereocenters. The van der Waals surface area contributed by atoms with Crippen LogP contribution in [0.5, 0.6) is 11.5 Å². The lowest BCUT2D eigenvalue weighted by Crippen LogP contribution is -2.30. The van der Waals surface area contributed by atoms with Gasteiger partial charge in [0.2, 0.25) is 0 Å². The lowest BCUT2D eigenvalue weighted by atomic mass is 10.2. The van der Waals surface area contributed by atoms with Gasteiger partial charge in [-0.3, -0.25) is 0 Å². The summed E-state index contributed by atoms with van der Waals surface area (Å²) < 4.78 is 24.6. The van der Waals surface area contributed by atoms with Crippen LogP contribution in [0.15, 0.2) is 47.5 Å². The van der Waals surface area contributed by atoms with E-state index in [0.29, 0.717) is 36.2 Å². The van der Waals surface area contributed by atoms with Crippen LogP contribution in [0.4, 0.5) is 10.1 Å². The van der Waals surface area contributed by atoms with Crippen LogP contribution in [0.3, 0.4) is 0 Å². The first kappa shape index (κ1) is 22.0. The zero-order valence-corrected chi connectivity index (χ0v) is 17.5. The highest BCUT2D eigenvalue weighted by Crippen LogP contribution is 2.30.